The number of pyridine rings is 1. The Hall–Kier alpha value is -2.40. The van der Waals surface area contributed by atoms with E-state index in [0.29, 0.717) is 5.88 Å². The summed E-state index contributed by atoms with van der Waals surface area (Å²) in [5.74, 6) is 1.64. The Labute approximate surface area is 142 Å². The largest absolute Gasteiger partial charge is 0.480 e. The summed E-state index contributed by atoms with van der Waals surface area (Å²) in [6.45, 7) is 1.07. The van der Waals surface area contributed by atoms with Crippen molar-refractivity contribution in [1.82, 2.24) is 20.3 Å². The molecule has 2 aromatic heterocycles. The number of H-pyrrole nitrogens is 1. The van der Waals surface area contributed by atoms with Gasteiger partial charge in [0.05, 0.1) is 30.1 Å². The van der Waals surface area contributed by atoms with Gasteiger partial charge in [-0.05, 0) is 38.6 Å². The van der Waals surface area contributed by atoms with E-state index >= 15 is 0 Å². The first-order chi connectivity index (χ1) is 11.8. The van der Waals surface area contributed by atoms with Crippen molar-refractivity contribution in [2.45, 2.75) is 25.7 Å². The van der Waals surface area contributed by atoms with Crippen LogP contribution in [0, 0.1) is 0 Å². The van der Waals surface area contributed by atoms with E-state index < -0.39 is 0 Å². The zero-order valence-electron chi connectivity index (χ0n) is 14.3. The molecular formula is C19H24N4O. The number of methoxy groups -OCH3 is 1. The van der Waals surface area contributed by atoms with Crippen molar-refractivity contribution in [3.8, 4) is 17.1 Å². The van der Waals surface area contributed by atoms with Gasteiger partial charge in [-0.1, -0.05) is 24.6 Å². The van der Waals surface area contributed by atoms with Gasteiger partial charge in [-0.25, -0.2) is 9.97 Å². The molecule has 1 aromatic carbocycles. The fourth-order valence-electron chi connectivity index (χ4n) is 2.84. The maximum absolute atomic E-state index is 5.48. The van der Waals surface area contributed by atoms with Gasteiger partial charge in [-0.3, -0.25) is 0 Å². The van der Waals surface area contributed by atoms with Gasteiger partial charge < -0.3 is 15.0 Å². The number of benzene rings is 1. The average Bonchev–Trinajstić information content (AvgIpc) is 3.09. The highest BCUT2D eigenvalue weighted by atomic mass is 16.5. The molecule has 24 heavy (non-hydrogen) atoms. The highest BCUT2D eigenvalue weighted by molar-refractivity contribution is 5.85. The summed E-state index contributed by atoms with van der Waals surface area (Å²) in [6.07, 6.45) is 6.39. The van der Waals surface area contributed by atoms with Crippen molar-refractivity contribution < 1.29 is 4.74 Å². The van der Waals surface area contributed by atoms with Crippen LogP contribution in [0.3, 0.4) is 0 Å². The first kappa shape index (κ1) is 16.5. The van der Waals surface area contributed by atoms with Crippen LogP contribution < -0.4 is 10.1 Å². The van der Waals surface area contributed by atoms with Crippen molar-refractivity contribution in [1.29, 1.82) is 0 Å². The fraction of sp³-hybridized carbons (Fsp3) is 0.368. The summed E-state index contributed by atoms with van der Waals surface area (Å²) in [4.78, 5) is 12.5. The monoisotopic (exact) mass is 324 g/mol. The van der Waals surface area contributed by atoms with Gasteiger partial charge in [0.15, 0.2) is 0 Å². The molecule has 0 radical (unpaired) electrons. The molecule has 0 amide bonds. The van der Waals surface area contributed by atoms with E-state index in [2.05, 4.69) is 32.4 Å². The number of nitrogens with one attached hydrogen (secondary N) is 2. The van der Waals surface area contributed by atoms with Crippen molar-refractivity contribution >= 4 is 10.9 Å². The standard InChI is InChI=1S/C19H24N4O/c1-20-11-7-3-4-10-18-21-13-17(22-18)15-12-14-8-5-6-9-16(14)23-19(15)24-2/h5-6,8-9,12-13,20H,3-4,7,10-11H2,1-2H3,(H,21,22). The lowest BCUT2D eigenvalue weighted by molar-refractivity contribution is 0.401. The molecule has 0 atom stereocenters. The number of rotatable bonds is 8. The lowest BCUT2D eigenvalue weighted by atomic mass is 10.1. The number of hydrogen-bond donors (Lipinski definition) is 2. The number of nitrogens with zero attached hydrogens (tertiary/aromatic N) is 2. The number of aromatic nitrogens is 3. The minimum atomic E-state index is 0.623. The molecule has 0 aliphatic rings. The number of hydrogen-bond acceptors (Lipinski definition) is 4. The van der Waals surface area contributed by atoms with Crippen LogP contribution in [0.4, 0.5) is 0 Å². The van der Waals surface area contributed by atoms with E-state index in [9.17, 15) is 0 Å². The molecule has 0 bridgehead atoms. The van der Waals surface area contributed by atoms with Crippen LogP contribution in [0.2, 0.25) is 0 Å². The van der Waals surface area contributed by atoms with E-state index in [0.717, 1.165) is 47.4 Å². The van der Waals surface area contributed by atoms with Crippen LogP contribution in [-0.4, -0.2) is 35.7 Å². The minimum Gasteiger partial charge on any atom is -0.480 e. The quantitative estimate of drug-likeness (QED) is 0.622. The smallest absolute Gasteiger partial charge is 0.223 e. The molecule has 3 aromatic rings. The van der Waals surface area contributed by atoms with Gasteiger partial charge in [0.2, 0.25) is 5.88 Å². The van der Waals surface area contributed by atoms with Crippen LogP contribution >= 0.6 is 0 Å². The summed E-state index contributed by atoms with van der Waals surface area (Å²) < 4.78 is 5.48. The second-order valence-corrected chi connectivity index (χ2v) is 5.90. The molecule has 0 fully saturated rings. The molecule has 3 rings (SSSR count). The van der Waals surface area contributed by atoms with Crippen LogP contribution in [-0.2, 0) is 6.42 Å². The van der Waals surface area contributed by atoms with Gasteiger partial charge in [0.25, 0.3) is 0 Å². The minimum absolute atomic E-state index is 0.623. The first-order valence-electron chi connectivity index (χ1n) is 8.44. The third kappa shape index (κ3) is 3.74. The number of imidazole rings is 1. The van der Waals surface area contributed by atoms with Crippen LogP contribution in [0.5, 0.6) is 5.88 Å². The lowest BCUT2D eigenvalue weighted by Crippen LogP contribution is -2.07. The summed E-state index contributed by atoms with van der Waals surface area (Å²) in [6, 6.07) is 10.2. The van der Waals surface area contributed by atoms with Gasteiger partial charge in [0.1, 0.15) is 5.82 Å². The highest BCUT2D eigenvalue weighted by Crippen LogP contribution is 2.30. The molecule has 0 unspecified atom stereocenters. The topological polar surface area (TPSA) is 62.8 Å². The summed E-state index contributed by atoms with van der Waals surface area (Å²) >= 11 is 0. The summed E-state index contributed by atoms with van der Waals surface area (Å²) in [7, 11) is 3.64. The van der Waals surface area contributed by atoms with E-state index in [1.54, 1.807) is 7.11 Å². The number of unbranched alkanes of at least 4 members (excludes halogenated alkanes) is 2. The number of aromatic amines is 1. The maximum Gasteiger partial charge on any atom is 0.223 e. The molecule has 0 spiro atoms. The predicted octanol–water partition coefficient (Wildman–Crippen LogP) is 3.57. The van der Waals surface area contributed by atoms with Gasteiger partial charge in [0, 0.05) is 11.8 Å². The number of para-hydroxylation sites is 1. The predicted molar refractivity (Wildman–Crippen MR) is 97.4 cm³/mol. The molecule has 5 heteroatoms. The fourth-order valence-corrected chi connectivity index (χ4v) is 2.84. The zero-order valence-corrected chi connectivity index (χ0v) is 14.3. The first-order valence-corrected chi connectivity index (χ1v) is 8.44. The second kappa shape index (κ2) is 7.93. The van der Waals surface area contributed by atoms with Gasteiger partial charge in [-0.15, -0.1) is 0 Å². The highest BCUT2D eigenvalue weighted by Gasteiger charge is 2.12. The van der Waals surface area contributed by atoms with Crippen molar-refractivity contribution in [2.75, 3.05) is 20.7 Å². The number of ether oxygens (including phenoxy) is 1. The van der Waals surface area contributed by atoms with Crippen LogP contribution in [0.1, 0.15) is 25.1 Å². The van der Waals surface area contributed by atoms with E-state index in [1.165, 1.54) is 12.8 Å². The maximum atomic E-state index is 5.48. The molecule has 2 N–H and O–H groups in total. The summed E-state index contributed by atoms with van der Waals surface area (Å²) in [5.41, 5.74) is 2.84. The average molecular weight is 324 g/mol. The molecule has 0 saturated carbocycles. The Morgan fingerprint density at radius 2 is 2.04 bits per heavy atom. The molecule has 5 nitrogen and oxygen atoms in total. The van der Waals surface area contributed by atoms with E-state index in [-0.39, 0.29) is 0 Å². The molecular weight excluding hydrogens is 300 g/mol. The van der Waals surface area contributed by atoms with Crippen molar-refractivity contribution in [3.63, 3.8) is 0 Å². The number of fused-ring (bicyclic) bond motifs is 1. The number of aryl methyl sites for hydroxylation is 1. The Bertz CT molecular complexity index is 797. The van der Waals surface area contributed by atoms with Crippen LogP contribution in [0.25, 0.3) is 22.2 Å². The second-order valence-electron chi connectivity index (χ2n) is 5.90. The molecule has 0 aliphatic heterocycles. The van der Waals surface area contributed by atoms with E-state index in [1.807, 2.05) is 31.4 Å². The van der Waals surface area contributed by atoms with Gasteiger partial charge in [-0.2, -0.15) is 0 Å². The summed E-state index contributed by atoms with van der Waals surface area (Å²) in [5, 5.41) is 4.27. The molecule has 0 saturated heterocycles. The Balaban J connectivity index is 1.78. The molecule has 0 aliphatic carbocycles. The Kier molecular flexibility index (Phi) is 5.43. The van der Waals surface area contributed by atoms with Crippen molar-refractivity contribution in [2.24, 2.45) is 0 Å². The lowest BCUT2D eigenvalue weighted by Gasteiger charge is -2.07. The third-order valence-corrected chi connectivity index (χ3v) is 4.14. The molecule has 126 valence electrons. The molecule has 2 heterocycles. The Morgan fingerprint density at radius 3 is 2.88 bits per heavy atom. The third-order valence-electron chi connectivity index (χ3n) is 4.14. The normalized spacial score (nSPS) is 11.1. The van der Waals surface area contributed by atoms with Crippen molar-refractivity contribution in [3.05, 3.63) is 42.4 Å². The van der Waals surface area contributed by atoms with Gasteiger partial charge >= 0.3 is 0 Å². The Morgan fingerprint density at radius 1 is 1.17 bits per heavy atom. The zero-order chi connectivity index (χ0) is 16.8. The SMILES string of the molecule is CNCCCCCc1ncc(-c2cc3ccccc3nc2OC)[nH]1. The van der Waals surface area contributed by atoms with Crippen LogP contribution in [0.15, 0.2) is 36.5 Å². The van der Waals surface area contributed by atoms with E-state index in [4.69, 9.17) is 4.74 Å².